The van der Waals surface area contributed by atoms with Crippen molar-refractivity contribution in [3.63, 3.8) is 0 Å². The van der Waals surface area contributed by atoms with Crippen LogP contribution in [0.3, 0.4) is 0 Å². The maximum absolute atomic E-state index is 13.3. The van der Waals surface area contributed by atoms with Gasteiger partial charge in [0.25, 0.3) is 0 Å². The average Bonchev–Trinajstić information content (AvgIpc) is 2.94. The SMILES string of the molecule is CC(=O)O[C@@]1(C(=O)CO)[C@H](C)C[C@H]2[C@@H]3CCC4C(=O)C(=O)CC(=O)[C@]4(C)[C@@]3(Cl)[C@@H](O)C[C@@]21C. The molecule has 0 spiro atoms. The first-order valence-electron chi connectivity index (χ1n) is 11.5. The first-order chi connectivity index (χ1) is 15.2. The number of rotatable bonds is 3. The first kappa shape index (κ1) is 24.5. The van der Waals surface area contributed by atoms with Crippen molar-refractivity contribution < 1.29 is 38.9 Å². The number of aliphatic hydroxyl groups excluding tert-OH is 2. The Hall–Kier alpha value is -1.64. The second kappa shape index (κ2) is 7.43. The Kier molecular flexibility index (Phi) is 5.51. The van der Waals surface area contributed by atoms with Gasteiger partial charge in [0.15, 0.2) is 5.60 Å². The zero-order valence-corrected chi connectivity index (χ0v) is 20.1. The molecule has 182 valence electrons. The molecule has 4 saturated carbocycles. The summed E-state index contributed by atoms with van der Waals surface area (Å²) in [6.45, 7) is 5.54. The third kappa shape index (κ3) is 2.69. The lowest BCUT2D eigenvalue weighted by Crippen LogP contribution is -2.74. The monoisotopic (exact) mass is 482 g/mol. The number of ether oxygens (including phenoxy) is 1. The second-order valence-electron chi connectivity index (χ2n) is 10.9. The van der Waals surface area contributed by atoms with Gasteiger partial charge in [-0.05, 0) is 37.5 Å². The van der Waals surface area contributed by atoms with Crippen LogP contribution in [0.2, 0.25) is 0 Å². The lowest BCUT2D eigenvalue weighted by atomic mass is 9.42. The van der Waals surface area contributed by atoms with Gasteiger partial charge in [-0.15, -0.1) is 11.6 Å². The number of alkyl halides is 1. The highest BCUT2D eigenvalue weighted by atomic mass is 35.5. The van der Waals surface area contributed by atoms with Crippen LogP contribution in [-0.2, 0) is 28.7 Å². The fourth-order valence-corrected chi connectivity index (χ4v) is 8.89. The van der Waals surface area contributed by atoms with Gasteiger partial charge in [-0.2, -0.15) is 0 Å². The van der Waals surface area contributed by atoms with Crippen LogP contribution >= 0.6 is 11.6 Å². The van der Waals surface area contributed by atoms with E-state index in [0.717, 1.165) is 0 Å². The van der Waals surface area contributed by atoms with Crippen molar-refractivity contribution in [2.75, 3.05) is 6.61 Å². The van der Waals surface area contributed by atoms with Gasteiger partial charge in [0, 0.05) is 24.2 Å². The van der Waals surface area contributed by atoms with Gasteiger partial charge >= 0.3 is 5.97 Å². The van der Waals surface area contributed by atoms with E-state index < -0.39 is 87.3 Å². The molecule has 0 aromatic heterocycles. The van der Waals surface area contributed by atoms with Gasteiger partial charge in [0.05, 0.1) is 22.8 Å². The van der Waals surface area contributed by atoms with E-state index in [1.165, 1.54) is 6.92 Å². The summed E-state index contributed by atoms with van der Waals surface area (Å²) >= 11 is 7.26. The largest absolute Gasteiger partial charge is 0.450 e. The lowest BCUT2D eigenvalue weighted by molar-refractivity contribution is -0.208. The summed E-state index contributed by atoms with van der Waals surface area (Å²) in [4.78, 5) is 61.9. The lowest BCUT2D eigenvalue weighted by Gasteiger charge is -2.65. The molecule has 4 rings (SSSR count). The van der Waals surface area contributed by atoms with Gasteiger partial charge in [-0.25, -0.2) is 0 Å². The van der Waals surface area contributed by atoms with Crippen molar-refractivity contribution in [2.24, 2.45) is 34.5 Å². The summed E-state index contributed by atoms with van der Waals surface area (Å²) in [5.41, 5.74) is -4.11. The van der Waals surface area contributed by atoms with Crippen LogP contribution in [0, 0.1) is 34.5 Å². The molecule has 0 saturated heterocycles. The van der Waals surface area contributed by atoms with E-state index >= 15 is 0 Å². The molecule has 2 N–H and O–H groups in total. The third-order valence-corrected chi connectivity index (χ3v) is 10.6. The number of hydrogen-bond donors (Lipinski definition) is 2. The molecule has 1 unspecified atom stereocenters. The van der Waals surface area contributed by atoms with E-state index in [-0.39, 0.29) is 18.8 Å². The van der Waals surface area contributed by atoms with Crippen molar-refractivity contribution >= 4 is 40.7 Å². The molecule has 0 amide bonds. The molecular weight excluding hydrogens is 452 g/mol. The van der Waals surface area contributed by atoms with Crippen LogP contribution in [0.4, 0.5) is 0 Å². The molecule has 0 aliphatic heterocycles. The van der Waals surface area contributed by atoms with E-state index in [9.17, 15) is 34.2 Å². The van der Waals surface area contributed by atoms with Gasteiger partial charge < -0.3 is 14.9 Å². The predicted octanol–water partition coefficient (Wildman–Crippen LogP) is 1.40. The van der Waals surface area contributed by atoms with Crippen LogP contribution in [0.25, 0.3) is 0 Å². The molecule has 8 nitrogen and oxygen atoms in total. The standard InChI is InChI=1S/C24H31ClO8/c1-11-7-15-13-5-6-14-20(32)16(28)8-17(29)22(14,4)23(13,25)18(30)9-21(15,3)24(11,19(31)10-26)33-12(2)27/h11,13-15,18,26,30H,5-10H2,1-4H3/t11-,13+,14?,15+,18+,21+,22-,23+,24-/m1/s1. The van der Waals surface area contributed by atoms with Gasteiger partial charge in [-0.3, -0.25) is 24.0 Å². The van der Waals surface area contributed by atoms with Gasteiger partial charge in [0.1, 0.15) is 12.4 Å². The van der Waals surface area contributed by atoms with E-state index in [1.807, 2.05) is 0 Å². The molecule has 0 aromatic rings. The van der Waals surface area contributed by atoms with E-state index in [0.29, 0.717) is 12.8 Å². The number of esters is 1. The Bertz CT molecular complexity index is 962. The fourth-order valence-electron chi connectivity index (χ4n) is 8.31. The normalized spacial score (nSPS) is 49.2. The first-order valence-corrected chi connectivity index (χ1v) is 11.9. The van der Waals surface area contributed by atoms with E-state index in [2.05, 4.69) is 0 Å². The highest BCUT2D eigenvalue weighted by Crippen LogP contribution is 2.72. The fraction of sp³-hybridized carbons (Fsp3) is 0.792. The third-order valence-electron chi connectivity index (χ3n) is 9.71. The smallest absolute Gasteiger partial charge is 0.303 e. The molecule has 9 atom stereocenters. The summed E-state index contributed by atoms with van der Waals surface area (Å²) in [6, 6.07) is 0. The molecule has 4 aliphatic rings. The Morgan fingerprint density at radius 1 is 1.15 bits per heavy atom. The van der Waals surface area contributed by atoms with Gasteiger partial charge in [0.2, 0.25) is 17.3 Å². The summed E-state index contributed by atoms with van der Waals surface area (Å²) < 4.78 is 5.71. The summed E-state index contributed by atoms with van der Waals surface area (Å²) in [5.74, 6) is -5.19. The minimum absolute atomic E-state index is 0.0568. The second-order valence-corrected chi connectivity index (χ2v) is 11.5. The zero-order valence-electron chi connectivity index (χ0n) is 19.4. The van der Waals surface area contributed by atoms with Crippen molar-refractivity contribution in [1.29, 1.82) is 0 Å². The predicted molar refractivity (Wildman–Crippen MR) is 115 cm³/mol. The molecule has 0 aromatic carbocycles. The number of carbonyl (C=O) groups excluding carboxylic acids is 5. The quantitative estimate of drug-likeness (QED) is 0.267. The number of halogens is 1. The molecule has 0 heterocycles. The molecular formula is C24H31ClO8. The molecule has 9 heteroatoms. The van der Waals surface area contributed by atoms with Crippen LogP contribution < -0.4 is 0 Å². The topological polar surface area (TPSA) is 135 Å². The maximum atomic E-state index is 13.3. The van der Waals surface area contributed by atoms with Crippen LogP contribution in [0.1, 0.15) is 59.8 Å². The molecule has 33 heavy (non-hydrogen) atoms. The van der Waals surface area contributed by atoms with E-state index in [4.69, 9.17) is 16.3 Å². The van der Waals surface area contributed by atoms with Crippen molar-refractivity contribution in [3.05, 3.63) is 0 Å². The molecule has 4 fully saturated rings. The number of hydrogen-bond acceptors (Lipinski definition) is 8. The Morgan fingerprint density at radius 2 is 1.79 bits per heavy atom. The minimum atomic E-state index is -1.64. The highest BCUT2D eigenvalue weighted by molar-refractivity contribution is 6.45. The number of Topliss-reactive ketones (excluding diaryl/α,β-unsaturated/α-hetero) is 4. The Labute approximate surface area is 197 Å². The Balaban J connectivity index is 1.87. The van der Waals surface area contributed by atoms with Crippen molar-refractivity contribution in [1.82, 2.24) is 0 Å². The maximum Gasteiger partial charge on any atom is 0.303 e. The van der Waals surface area contributed by atoms with E-state index in [1.54, 1.807) is 20.8 Å². The number of ketones is 4. The summed E-state index contributed by atoms with van der Waals surface area (Å²) in [6.07, 6.45) is -0.812. The number of aliphatic hydroxyl groups is 2. The van der Waals surface area contributed by atoms with Crippen molar-refractivity contribution in [3.8, 4) is 0 Å². The molecule has 0 bridgehead atoms. The van der Waals surface area contributed by atoms with Crippen molar-refractivity contribution in [2.45, 2.75) is 76.4 Å². The van der Waals surface area contributed by atoms with Gasteiger partial charge in [-0.1, -0.05) is 20.8 Å². The van der Waals surface area contributed by atoms with Crippen LogP contribution in [0.5, 0.6) is 0 Å². The summed E-state index contributed by atoms with van der Waals surface area (Å²) in [5, 5.41) is 21.3. The molecule has 0 radical (unpaired) electrons. The molecule has 4 aliphatic carbocycles. The van der Waals surface area contributed by atoms with Crippen LogP contribution in [0.15, 0.2) is 0 Å². The zero-order chi connectivity index (χ0) is 24.7. The number of carbonyl (C=O) groups is 5. The highest BCUT2D eigenvalue weighted by Gasteiger charge is 2.78. The minimum Gasteiger partial charge on any atom is -0.450 e. The number of fused-ring (bicyclic) bond motifs is 5. The Morgan fingerprint density at radius 3 is 2.36 bits per heavy atom. The average molecular weight is 483 g/mol. The van der Waals surface area contributed by atoms with Crippen LogP contribution in [-0.4, -0.2) is 62.5 Å². The summed E-state index contributed by atoms with van der Waals surface area (Å²) in [7, 11) is 0.